The summed E-state index contributed by atoms with van der Waals surface area (Å²) in [5, 5.41) is 12.9. The van der Waals surface area contributed by atoms with Gasteiger partial charge in [-0.2, -0.15) is 0 Å². The van der Waals surface area contributed by atoms with Crippen molar-refractivity contribution in [2.45, 2.75) is 33.3 Å². The highest BCUT2D eigenvalue weighted by Crippen LogP contribution is 2.21. The van der Waals surface area contributed by atoms with Crippen molar-refractivity contribution in [3.8, 4) is 0 Å². The second kappa shape index (κ2) is 5.16. The summed E-state index contributed by atoms with van der Waals surface area (Å²) in [5.41, 5.74) is 6.58. The molecule has 1 aromatic rings. The number of anilines is 2. The summed E-state index contributed by atoms with van der Waals surface area (Å²) in [5.74, 6) is 0.482. The maximum Gasteiger partial charge on any atom is 0.125 e. The molecule has 4 N–H and O–H groups in total. The monoisotopic (exact) mass is 223 g/mol. The minimum absolute atomic E-state index is 0.137. The predicted octanol–water partition coefficient (Wildman–Crippen LogP) is 1.87. The largest absolute Gasteiger partial charge is 0.391 e. The van der Waals surface area contributed by atoms with Crippen molar-refractivity contribution in [1.82, 2.24) is 4.98 Å². The van der Waals surface area contributed by atoms with Crippen molar-refractivity contribution in [2.24, 2.45) is 5.41 Å². The number of rotatable bonds is 4. The molecular formula is C12H21N3O. The third-order valence-corrected chi connectivity index (χ3v) is 2.17. The Morgan fingerprint density at radius 3 is 2.75 bits per heavy atom. The second-order valence-corrected chi connectivity index (χ2v) is 5.27. The average molecular weight is 223 g/mol. The van der Waals surface area contributed by atoms with E-state index < -0.39 is 0 Å². The molecule has 0 saturated carbocycles. The quantitative estimate of drug-likeness (QED) is 0.728. The average Bonchev–Trinajstić information content (AvgIpc) is 2.12. The molecule has 1 rings (SSSR count). The lowest BCUT2D eigenvalue weighted by atomic mass is 9.89. The number of nitrogens with zero attached hydrogens (tertiary/aromatic N) is 1. The number of hydrogen-bond donors (Lipinski definition) is 3. The Kier molecular flexibility index (Phi) is 4.12. The fourth-order valence-electron chi connectivity index (χ4n) is 1.57. The lowest BCUT2D eigenvalue weighted by molar-refractivity contribution is 0.132. The minimum Gasteiger partial charge on any atom is -0.391 e. The van der Waals surface area contributed by atoms with E-state index in [0.717, 1.165) is 12.1 Å². The normalized spacial score (nSPS) is 13.5. The molecule has 1 atom stereocenters. The van der Waals surface area contributed by atoms with E-state index >= 15 is 0 Å². The molecule has 1 aromatic heterocycles. The summed E-state index contributed by atoms with van der Waals surface area (Å²) in [6, 6.07) is 3.59. The van der Waals surface area contributed by atoms with Crippen LogP contribution in [-0.4, -0.2) is 22.7 Å². The highest BCUT2D eigenvalue weighted by molar-refractivity contribution is 5.49. The van der Waals surface area contributed by atoms with E-state index in [4.69, 9.17) is 5.73 Å². The van der Waals surface area contributed by atoms with Gasteiger partial charge >= 0.3 is 0 Å². The van der Waals surface area contributed by atoms with E-state index in [0.29, 0.717) is 12.4 Å². The fraction of sp³-hybridized carbons (Fsp3) is 0.583. The van der Waals surface area contributed by atoms with Gasteiger partial charge < -0.3 is 16.2 Å². The standard InChI is InChI=1S/C12H21N3O/c1-12(2,3)7-10(16)8-15-9-4-5-14-11(13)6-9/h4-6,10,16H,7-8H2,1-3H3,(H3,13,14,15). The van der Waals surface area contributed by atoms with Crippen molar-refractivity contribution in [3.05, 3.63) is 18.3 Å². The summed E-state index contributed by atoms with van der Waals surface area (Å²) in [6.07, 6.45) is 2.06. The van der Waals surface area contributed by atoms with Gasteiger partial charge in [0.15, 0.2) is 0 Å². The van der Waals surface area contributed by atoms with Gasteiger partial charge in [-0.1, -0.05) is 20.8 Å². The zero-order chi connectivity index (χ0) is 12.2. The number of nitrogens with two attached hydrogens (primary N) is 1. The number of pyridine rings is 1. The molecule has 1 heterocycles. The molecule has 0 radical (unpaired) electrons. The van der Waals surface area contributed by atoms with Gasteiger partial charge in [0.1, 0.15) is 5.82 Å². The molecule has 1 unspecified atom stereocenters. The molecule has 4 heteroatoms. The van der Waals surface area contributed by atoms with Crippen molar-refractivity contribution < 1.29 is 5.11 Å². The Hall–Kier alpha value is -1.29. The Morgan fingerprint density at radius 1 is 1.50 bits per heavy atom. The summed E-state index contributed by atoms with van der Waals surface area (Å²) in [7, 11) is 0. The first-order valence-corrected chi connectivity index (χ1v) is 5.50. The maximum absolute atomic E-state index is 9.81. The van der Waals surface area contributed by atoms with Crippen LogP contribution in [0.2, 0.25) is 0 Å². The van der Waals surface area contributed by atoms with Crippen LogP contribution in [-0.2, 0) is 0 Å². The van der Waals surface area contributed by atoms with E-state index in [1.54, 1.807) is 12.3 Å². The zero-order valence-electron chi connectivity index (χ0n) is 10.2. The Balaban J connectivity index is 2.40. The van der Waals surface area contributed by atoms with E-state index in [2.05, 4.69) is 31.1 Å². The van der Waals surface area contributed by atoms with Crippen LogP contribution in [0.4, 0.5) is 11.5 Å². The van der Waals surface area contributed by atoms with Crippen LogP contribution in [0.3, 0.4) is 0 Å². The number of nitrogens with one attached hydrogen (secondary N) is 1. The highest BCUT2D eigenvalue weighted by atomic mass is 16.3. The molecule has 0 spiro atoms. The third kappa shape index (κ3) is 4.98. The van der Waals surface area contributed by atoms with Gasteiger partial charge in [0, 0.05) is 24.5 Å². The lowest BCUT2D eigenvalue weighted by Crippen LogP contribution is -2.25. The van der Waals surface area contributed by atoms with Gasteiger partial charge in [-0.3, -0.25) is 0 Å². The molecule has 0 amide bonds. The fourth-order valence-corrected chi connectivity index (χ4v) is 1.57. The first-order chi connectivity index (χ1) is 7.37. The summed E-state index contributed by atoms with van der Waals surface area (Å²) >= 11 is 0. The Bertz CT molecular complexity index is 333. The van der Waals surface area contributed by atoms with Crippen LogP contribution < -0.4 is 11.1 Å². The number of hydrogen-bond acceptors (Lipinski definition) is 4. The van der Waals surface area contributed by atoms with Gasteiger partial charge in [-0.25, -0.2) is 4.98 Å². The second-order valence-electron chi connectivity index (χ2n) is 5.27. The molecular weight excluding hydrogens is 202 g/mol. The van der Waals surface area contributed by atoms with Gasteiger partial charge in [0.25, 0.3) is 0 Å². The molecule has 0 aliphatic heterocycles. The van der Waals surface area contributed by atoms with Crippen LogP contribution in [0.15, 0.2) is 18.3 Å². The number of nitrogen functional groups attached to an aromatic ring is 1. The molecule has 4 nitrogen and oxygen atoms in total. The van der Waals surface area contributed by atoms with Gasteiger partial charge in [-0.05, 0) is 17.9 Å². The van der Waals surface area contributed by atoms with E-state index in [9.17, 15) is 5.11 Å². The number of aliphatic hydroxyl groups is 1. The van der Waals surface area contributed by atoms with Crippen LogP contribution >= 0.6 is 0 Å². The van der Waals surface area contributed by atoms with Crippen LogP contribution in [0.5, 0.6) is 0 Å². The first-order valence-electron chi connectivity index (χ1n) is 5.50. The Labute approximate surface area is 96.9 Å². The number of aromatic nitrogens is 1. The van der Waals surface area contributed by atoms with Crippen molar-refractivity contribution >= 4 is 11.5 Å². The summed E-state index contributed by atoms with van der Waals surface area (Å²) < 4.78 is 0. The lowest BCUT2D eigenvalue weighted by Gasteiger charge is -2.22. The minimum atomic E-state index is -0.352. The molecule has 90 valence electrons. The van der Waals surface area contributed by atoms with Crippen LogP contribution in [0.1, 0.15) is 27.2 Å². The molecule has 0 saturated heterocycles. The van der Waals surface area contributed by atoms with Crippen LogP contribution in [0.25, 0.3) is 0 Å². The third-order valence-electron chi connectivity index (χ3n) is 2.17. The predicted molar refractivity (Wildman–Crippen MR) is 67.2 cm³/mol. The van der Waals surface area contributed by atoms with Gasteiger partial charge in [0.2, 0.25) is 0 Å². The summed E-state index contributed by atoms with van der Waals surface area (Å²) in [4.78, 5) is 3.90. The molecule has 0 bridgehead atoms. The SMILES string of the molecule is CC(C)(C)CC(O)CNc1ccnc(N)c1. The van der Waals surface area contributed by atoms with Crippen LogP contribution in [0, 0.1) is 5.41 Å². The molecule has 0 aliphatic carbocycles. The molecule has 0 fully saturated rings. The first kappa shape index (κ1) is 12.8. The highest BCUT2D eigenvalue weighted by Gasteiger charge is 2.16. The molecule has 16 heavy (non-hydrogen) atoms. The molecule has 0 aromatic carbocycles. The summed E-state index contributed by atoms with van der Waals surface area (Å²) in [6.45, 7) is 6.86. The van der Waals surface area contributed by atoms with Gasteiger partial charge in [-0.15, -0.1) is 0 Å². The Morgan fingerprint density at radius 2 is 2.19 bits per heavy atom. The molecule has 0 aliphatic rings. The topological polar surface area (TPSA) is 71.2 Å². The van der Waals surface area contributed by atoms with E-state index in [1.807, 2.05) is 6.07 Å². The van der Waals surface area contributed by atoms with Gasteiger partial charge in [0.05, 0.1) is 6.10 Å². The van der Waals surface area contributed by atoms with Crippen molar-refractivity contribution in [1.29, 1.82) is 0 Å². The van der Waals surface area contributed by atoms with E-state index in [-0.39, 0.29) is 11.5 Å². The smallest absolute Gasteiger partial charge is 0.125 e. The van der Waals surface area contributed by atoms with Crippen molar-refractivity contribution in [3.63, 3.8) is 0 Å². The number of aliphatic hydroxyl groups excluding tert-OH is 1. The maximum atomic E-state index is 9.81. The van der Waals surface area contributed by atoms with Crippen molar-refractivity contribution in [2.75, 3.05) is 17.6 Å². The zero-order valence-corrected chi connectivity index (χ0v) is 10.2. The van der Waals surface area contributed by atoms with E-state index in [1.165, 1.54) is 0 Å².